The fourth-order valence-corrected chi connectivity index (χ4v) is 2.48. The van der Waals surface area contributed by atoms with Crippen molar-refractivity contribution in [2.75, 3.05) is 6.54 Å². The molecule has 0 saturated carbocycles. The second-order valence-electron chi connectivity index (χ2n) is 6.72. The Labute approximate surface area is 115 Å². The van der Waals surface area contributed by atoms with Gasteiger partial charge in [-0.2, -0.15) is 0 Å². The smallest absolute Gasteiger partial charge is 0.228 e. The minimum Gasteiger partial charge on any atom is -0.361 e. The third-order valence-electron chi connectivity index (χ3n) is 3.61. The summed E-state index contributed by atoms with van der Waals surface area (Å²) in [6.45, 7) is 10.9. The van der Waals surface area contributed by atoms with Crippen molar-refractivity contribution in [2.24, 2.45) is 5.41 Å². The van der Waals surface area contributed by atoms with Gasteiger partial charge < -0.3 is 9.42 Å². The highest BCUT2D eigenvalue weighted by Gasteiger charge is 2.37. The minimum absolute atomic E-state index is 0.0861. The Kier molecular flexibility index (Phi) is 3.70. The van der Waals surface area contributed by atoms with Gasteiger partial charge in [-0.25, -0.2) is 0 Å². The molecular weight excluding hydrogens is 240 g/mol. The molecule has 0 spiro atoms. The third kappa shape index (κ3) is 2.82. The number of hydrogen-bond donors (Lipinski definition) is 0. The van der Waals surface area contributed by atoms with Gasteiger partial charge in [-0.15, -0.1) is 0 Å². The molecule has 2 heterocycles. The monoisotopic (exact) mass is 264 g/mol. The quantitative estimate of drug-likeness (QED) is 0.821. The van der Waals surface area contributed by atoms with Crippen LogP contribution in [0.5, 0.6) is 0 Å². The molecule has 0 N–H and O–H groups in total. The van der Waals surface area contributed by atoms with Crippen molar-refractivity contribution in [3.63, 3.8) is 0 Å². The molecule has 1 fully saturated rings. The number of rotatable bonds is 2. The Morgan fingerprint density at radius 1 is 1.47 bits per heavy atom. The molecule has 0 aliphatic carbocycles. The van der Waals surface area contributed by atoms with Crippen LogP contribution in [0.3, 0.4) is 0 Å². The third-order valence-corrected chi connectivity index (χ3v) is 3.61. The second-order valence-corrected chi connectivity index (χ2v) is 6.72. The van der Waals surface area contributed by atoms with Crippen LogP contribution in [0.4, 0.5) is 0 Å². The van der Waals surface area contributed by atoms with E-state index in [0.717, 1.165) is 30.8 Å². The van der Waals surface area contributed by atoms with Crippen LogP contribution in [0.1, 0.15) is 70.9 Å². The SMILES string of the molecule is CC(C)c1cc(C2CCCN2C(=O)C(C)(C)C)no1. The largest absolute Gasteiger partial charge is 0.361 e. The molecule has 1 atom stereocenters. The van der Waals surface area contributed by atoms with E-state index >= 15 is 0 Å². The van der Waals surface area contributed by atoms with Gasteiger partial charge in [0.15, 0.2) is 0 Å². The van der Waals surface area contributed by atoms with E-state index in [1.165, 1.54) is 0 Å². The summed E-state index contributed by atoms with van der Waals surface area (Å²) >= 11 is 0. The summed E-state index contributed by atoms with van der Waals surface area (Å²) in [7, 11) is 0. The lowest BCUT2D eigenvalue weighted by molar-refractivity contribution is -0.140. The Bertz CT molecular complexity index is 457. The van der Waals surface area contributed by atoms with Gasteiger partial charge in [0.05, 0.1) is 6.04 Å². The van der Waals surface area contributed by atoms with Crippen LogP contribution in [0.25, 0.3) is 0 Å². The summed E-state index contributed by atoms with van der Waals surface area (Å²) in [5.41, 5.74) is 0.562. The van der Waals surface area contributed by atoms with E-state index < -0.39 is 0 Å². The molecule has 19 heavy (non-hydrogen) atoms. The van der Waals surface area contributed by atoms with Crippen molar-refractivity contribution < 1.29 is 9.32 Å². The summed E-state index contributed by atoms with van der Waals surface area (Å²) in [5, 5.41) is 4.17. The molecule has 2 rings (SSSR count). The first-order valence-corrected chi connectivity index (χ1v) is 7.08. The first-order valence-electron chi connectivity index (χ1n) is 7.08. The average molecular weight is 264 g/mol. The predicted molar refractivity (Wildman–Crippen MR) is 73.7 cm³/mol. The number of likely N-dealkylation sites (tertiary alicyclic amines) is 1. The zero-order valence-corrected chi connectivity index (χ0v) is 12.6. The lowest BCUT2D eigenvalue weighted by atomic mass is 9.94. The second kappa shape index (κ2) is 4.99. The van der Waals surface area contributed by atoms with Gasteiger partial charge in [0.1, 0.15) is 11.5 Å². The molecule has 1 aromatic rings. The summed E-state index contributed by atoms with van der Waals surface area (Å²) in [6.07, 6.45) is 2.02. The van der Waals surface area contributed by atoms with Crippen LogP contribution in [0, 0.1) is 5.41 Å². The molecule has 1 aliphatic rings. The average Bonchev–Trinajstić information content (AvgIpc) is 2.95. The highest BCUT2D eigenvalue weighted by Crippen LogP contribution is 2.35. The number of aromatic nitrogens is 1. The first-order chi connectivity index (χ1) is 8.80. The van der Waals surface area contributed by atoms with E-state index in [0.29, 0.717) is 5.92 Å². The van der Waals surface area contributed by atoms with Crippen molar-refractivity contribution >= 4 is 5.91 Å². The summed E-state index contributed by atoms with van der Waals surface area (Å²) in [4.78, 5) is 14.4. The van der Waals surface area contributed by atoms with Crippen molar-refractivity contribution in [2.45, 2.75) is 59.4 Å². The Hall–Kier alpha value is -1.32. The zero-order valence-electron chi connectivity index (χ0n) is 12.6. The molecule has 4 heteroatoms. The molecule has 1 unspecified atom stereocenters. The molecule has 1 aliphatic heterocycles. The standard InChI is InChI=1S/C15H24N2O2/c1-10(2)13-9-11(16-19-13)12-7-6-8-17(12)14(18)15(3,4)5/h9-10,12H,6-8H2,1-5H3. The summed E-state index contributed by atoms with van der Waals surface area (Å²) in [5.74, 6) is 1.42. The number of nitrogens with zero attached hydrogens (tertiary/aromatic N) is 2. The molecule has 1 saturated heterocycles. The zero-order chi connectivity index (χ0) is 14.2. The highest BCUT2D eigenvalue weighted by molar-refractivity contribution is 5.82. The lowest BCUT2D eigenvalue weighted by Gasteiger charge is -2.29. The van der Waals surface area contributed by atoms with Crippen LogP contribution in [-0.4, -0.2) is 22.5 Å². The number of carbonyl (C=O) groups excluding carboxylic acids is 1. The van der Waals surface area contributed by atoms with Gasteiger partial charge in [0, 0.05) is 23.9 Å². The van der Waals surface area contributed by atoms with Gasteiger partial charge >= 0.3 is 0 Å². The molecular formula is C15H24N2O2. The van der Waals surface area contributed by atoms with Gasteiger partial charge in [0.25, 0.3) is 0 Å². The molecule has 4 nitrogen and oxygen atoms in total. The van der Waals surface area contributed by atoms with E-state index in [1.54, 1.807) is 0 Å². The minimum atomic E-state index is -0.340. The van der Waals surface area contributed by atoms with Crippen molar-refractivity contribution in [3.05, 3.63) is 17.5 Å². The Morgan fingerprint density at radius 2 is 2.16 bits per heavy atom. The van der Waals surface area contributed by atoms with Gasteiger partial charge in [-0.1, -0.05) is 39.8 Å². The molecule has 1 amide bonds. The summed E-state index contributed by atoms with van der Waals surface area (Å²) in [6, 6.07) is 2.09. The number of carbonyl (C=O) groups is 1. The maximum absolute atomic E-state index is 12.5. The molecule has 1 aromatic heterocycles. The molecule has 106 valence electrons. The van der Waals surface area contributed by atoms with E-state index in [-0.39, 0.29) is 17.4 Å². The summed E-state index contributed by atoms with van der Waals surface area (Å²) < 4.78 is 5.36. The van der Waals surface area contributed by atoms with Crippen LogP contribution >= 0.6 is 0 Å². The van der Waals surface area contributed by atoms with E-state index in [2.05, 4.69) is 19.0 Å². The van der Waals surface area contributed by atoms with Crippen LogP contribution in [-0.2, 0) is 4.79 Å². The van der Waals surface area contributed by atoms with Gasteiger partial charge in [-0.05, 0) is 12.8 Å². The normalized spacial score (nSPS) is 20.3. The van der Waals surface area contributed by atoms with Crippen molar-refractivity contribution in [1.82, 2.24) is 10.1 Å². The Morgan fingerprint density at radius 3 is 2.68 bits per heavy atom. The van der Waals surface area contributed by atoms with Gasteiger partial charge in [0.2, 0.25) is 5.91 Å². The van der Waals surface area contributed by atoms with Crippen molar-refractivity contribution in [3.8, 4) is 0 Å². The highest BCUT2D eigenvalue weighted by atomic mass is 16.5. The molecule has 0 radical (unpaired) electrons. The Balaban J connectivity index is 2.21. The topological polar surface area (TPSA) is 46.3 Å². The van der Waals surface area contributed by atoms with Crippen LogP contribution in [0.2, 0.25) is 0 Å². The first kappa shape index (κ1) is 14.1. The van der Waals surface area contributed by atoms with Crippen molar-refractivity contribution in [1.29, 1.82) is 0 Å². The van der Waals surface area contributed by atoms with Gasteiger partial charge in [-0.3, -0.25) is 4.79 Å². The number of amides is 1. The fourth-order valence-electron chi connectivity index (χ4n) is 2.48. The van der Waals surface area contributed by atoms with Crippen LogP contribution in [0.15, 0.2) is 10.6 Å². The van der Waals surface area contributed by atoms with E-state index in [1.807, 2.05) is 31.7 Å². The van der Waals surface area contributed by atoms with Crippen LogP contribution < -0.4 is 0 Å². The maximum atomic E-state index is 12.5. The molecule has 0 aromatic carbocycles. The lowest BCUT2D eigenvalue weighted by Crippen LogP contribution is -2.39. The van der Waals surface area contributed by atoms with E-state index in [9.17, 15) is 4.79 Å². The number of hydrogen-bond acceptors (Lipinski definition) is 3. The molecule has 0 bridgehead atoms. The fraction of sp³-hybridized carbons (Fsp3) is 0.733. The maximum Gasteiger partial charge on any atom is 0.228 e. The predicted octanol–water partition coefficient (Wildman–Crippen LogP) is 3.51. The van der Waals surface area contributed by atoms with E-state index in [4.69, 9.17) is 4.52 Å².